The van der Waals surface area contributed by atoms with Crippen LogP contribution in [0.25, 0.3) is 0 Å². The summed E-state index contributed by atoms with van der Waals surface area (Å²) in [5.41, 5.74) is -1.18. The van der Waals surface area contributed by atoms with E-state index in [-0.39, 0.29) is 18.1 Å². The zero-order valence-corrected chi connectivity index (χ0v) is 9.56. The number of alkyl halides is 3. The number of benzene rings is 1. The van der Waals surface area contributed by atoms with Crippen molar-refractivity contribution in [3.8, 4) is 0 Å². The number of rotatable bonds is 2. The lowest BCUT2D eigenvalue weighted by molar-refractivity contribution is -0.140. The molecule has 0 spiro atoms. The Morgan fingerprint density at radius 1 is 1.33 bits per heavy atom. The summed E-state index contributed by atoms with van der Waals surface area (Å²) in [6, 6.07) is 3.33. The third kappa shape index (κ3) is 3.00. The first-order valence-corrected chi connectivity index (χ1v) is 5.65. The molecule has 1 unspecified atom stereocenters. The highest BCUT2D eigenvalue weighted by molar-refractivity contribution is 5.28. The number of morpholine rings is 1. The third-order valence-electron chi connectivity index (χ3n) is 2.84. The number of halogens is 4. The van der Waals surface area contributed by atoms with E-state index < -0.39 is 17.6 Å². The van der Waals surface area contributed by atoms with E-state index in [1.54, 1.807) is 0 Å². The monoisotopic (exact) mass is 263 g/mol. The van der Waals surface area contributed by atoms with Crippen LogP contribution in [0.2, 0.25) is 0 Å². The molecule has 2 rings (SSSR count). The van der Waals surface area contributed by atoms with E-state index >= 15 is 0 Å². The van der Waals surface area contributed by atoms with Gasteiger partial charge in [-0.15, -0.1) is 0 Å². The van der Waals surface area contributed by atoms with Gasteiger partial charge in [-0.05, 0) is 11.6 Å². The van der Waals surface area contributed by atoms with E-state index in [0.717, 1.165) is 6.07 Å². The number of ether oxygens (including phenoxy) is 1. The largest absolute Gasteiger partial charge is 0.419 e. The van der Waals surface area contributed by atoms with Gasteiger partial charge in [-0.1, -0.05) is 12.1 Å². The van der Waals surface area contributed by atoms with Crippen LogP contribution in [-0.4, -0.2) is 25.8 Å². The van der Waals surface area contributed by atoms with Crippen molar-refractivity contribution in [3.63, 3.8) is 0 Å². The van der Waals surface area contributed by atoms with Crippen molar-refractivity contribution in [2.75, 3.05) is 19.7 Å². The van der Waals surface area contributed by atoms with Crippen LogP contribution in [0.3, 0.4) is 0 Å². The van der Waals surface area contributed by atoms with Gasteiger partial charge in [0.25, 0.3) is 0 Å². The van der Waals surface area contributed by atoms with Crippen LogP contribution in [0.1, 0.15) is 11.1 Å². The molecule has 1 saturated heterocycles. The Morgan fingerprint density at radius 3 is 2.72 bits per heavy atom. The van der Waals surface area contributed by atoms with Crippen molar-refractivity contribution >= 4 is 0 Å². The Kier molecular flexibility index (Phi) is 3.87. The van der Waals surface area contributed by atoms with E-state index in [1.165, 1.54) is 12.1 Å². The molecule has 1 fully saturated rings. The normalized spacial score (nSPS) is 21.0. The van der Waals surface area contributed by atoms with E-state index in [0.29, 0.717) is 19.7 Å². The Balaban J connectivity index is 2.18. The van der Waals surface area contributed by atoms with Crippen LogP contribution in [-0.2, 0) is 17.3 Å². The van der Waals surface area contributed by atoms with Crippen molar-refractivity contribution in [2.45, 2.75) is 18.7 Å². The van der Waals surface area contributed by atoms with Gasteiger partial charge < -0.3 is 10.1 Å². The minimum atomic E-state index is -4.66. The Hall–Kier alpha value is -1.14. The summed E-state index contributed by atoms with van der Waals surface area (Å²) in [7, 11) is 0. The molecule has 0 aliphatic carbocycles. The van der Waals surface area contributed by atoms with Crippen molar-refractivity contribution in [3.05, 3.63) is 35.1 Å². The standard InChI is InChI=1S/C12H13F4NO/c13-11-8(6-9-7-17-4-5-18-9)2-1-3-10(11)12(14,15)16/h1-3,9,17H,4-7H2. The third-order valence-corrected chi connectivity index (χ3v) is 2.84. The summed E-state index contributed by atoms with van der Waals surface area (Å²) in [6.45, 7) is 1.72. The highest BCUT2D eigenvalue weighted by Crippen LogP contribution is 2.32. The smallest absolute Gasteiger partial charge is 0.375 e. The summed E-state index contributed by atoms with van der Waals surface area (Å²) < 4.78 is 56.7. The van der Waals surface area contributed by atoms with E-state index in [4.69, 9.17) is 4.74 Å². The van der Waals surface area contributed by atoms with Gasteiger partial charge >= 0.3 is 6.18 Å². The van der Waals surface area contributed by atoms with Gasteiger partial charge in [0.05, 0.1) is 18.3 Å². The van der Waals surface area contributed by atoms with E-state index in [9.17, 15) is 17.6 Å². The summed E-state index contributed by atoms with van der Waals surface area (Å²) in [6.07, 6.45) is -4.80. The quantitative estimate of drug-likeness (QED) is 0.827. The lowest BCUT2D eigenvalue weighted by atomic mass is 10.0. The Labute approximate surface area is 102 Å². The summed E-state index contributed by atoms with van der Waals surface area (Å²) >= 11 is 0. The lowest BCUT2D eigenvalue weighted by Gasteiger charge is -2.24. The first-order valence-electron chi connectivity index (χ1n) is 5.65. The zero-order chi connectivity index (χ0) is 13.2. The molecule has 1 aromatic rings. The lowest BCUT2D eigenvalue weighted by Crippen LogP contribution is -2.39. The molecule has 0 amide bonds. The molecule has 1 aliphatic rings. The highest BCUT2D eigenvalue weighted by atomic mass is 19.4. The van der Waals surface area contributed by atoms with Crippen molar-refractivity contribution in [2.24, 2.45) is 0 Å². The molecule has 100 valence electrons. The van der Waals surface area contributed by atoms with Gasteiger partial charge in [-0.25, -0.2) is 4.39 Å². The summed E-state index contributed by atoms with van der Waals surface area (Å²) in [5, 5.41) is 3.05. The molecule has 0 saturated carbocycles. The second kappa shape index (κ2) is 5.24. The molecule has 6 heteroatoms. The molecule has 0 bridgehead atoms. The van der Waals surface area contributed by atoms with E-state index in [1.807, 2.05) is 0 Å². The van der Waals surface area contributed by atoms with Gasteiger partial charge in [0, 0.05) is 19.5 Å². The predicted molar refractivity (Wildman–Crippen MR) is 57.7 cm³/mol. The van der Waals surface area contributed by atoms with Crippen LogP contribution in [0.4, 0.5) is 17.6 Å². The fourth-order valence-electron chi connectivity index (χ4n) is 1.95. The molecule has 1 N–H and O–H groups in total. The molecule has 18 heavy (non-hydrogen) atoms. The number of hydrogen-bond donors (Lipinski definition) is 1. The molecule has 2 nitrogen and oxygen atoms in total. The number of hydrogen-bond acceptors (Lipinski definition) is 2. The van der Waals surface area contributed by atoms with Crippen LogP contribution in [0, 0.1) is 5.82 Å². The highest BCUT2D eigenvalue weighted by Gasteiger charge is 2.35. The Morgan fingerprint density at radius 2 is 2.11 bits per heavy atom. The zero-order valence-electron chi connectivity index (χ0n) is 9.56. The topological polar surface area (TPSA) is 21.3 Å². The molecule has 1 aliphatic heterocycles. The maximum absolute atomic E-state index is 13.7. The van der Waals surface area contributed by atoms with Crippen LogP contribution >= 0.6 is 0 Å². The number of nitrogens with one attached hydrogen (secondary N) is 1. The Bertz CT molecular complexity index is 413. The molecule has 1 atom stereocenters. The van der Waals surface area contributed by atoms with Gasteiger partial charge in [0.2, 0.25) is 0 Å². The molecule has 0 aromatic heterocycles. The summed E-state index contributed by atoms with van der Waals surface area (Å²) in [5.74, 6) is -1.20. The second-order valence-electron chi connectivity index (χ2n) is 4.18. The molecular weight excluding hydrogens is 250 g/mol. The molecule has 1 heterocycles. The fourth-order valence-corrected chi connectivity index (χ4v) is 1.95. The van der Waals surface area contributed by atoms with Crippen molar-refractivity contribution in [1.82, 2.24) is 5.32 Å². The minimum Gasteiger partial charge on any atom is -0.375 e. The predicted octanol–water partition coefficient (Wildman–Crippen LogP) is 2.38. The second-order valence-corrected chi connectivity index (χ2v) is 4.18. The van der Waals surface area contributed by atoms with Crippen LogP contribution in [0.5, 0.6) is 0 Å². The van der Waals surface area contributed by atoms with Gasteiger partial charge in [-0.2, -0.15) is 13.2 Å². The fraction of sp³-hybridized carbons (Fsp3) is 0.500. The first kappa shape index (κ1) is 13.3. The van der Waals surface area contributed by atoms with Gasteiger partial charge in [-0.3, -0.25) is 0 Å². The van der Waals surface area contributed by atoms with Gasteiger partial charge in [0.1, 0.15) is 5.82 Å². The first-order chi connectivity index (χ1) is 8.48. The molecule has 1 aromatic carbocycles. The van der Waals surface area contributed by atoms with Crippen molar-refractivity contribution < 1.29 is 22.3 Å². The SMILES string of the molecule is Fc1c(CC2CNCCO2)cccc1C(F)(F)F. The summed E-state index contributed by atoms with van der Waals surface area (Å²) in [4.78, 5) is 0. The average molecular weight is 263 g/mol. The molecular formula is C12H13F4NO. The molecule has 0 radical (unpaired) electrons. The van der Waals surface area contributed by atoms with Crippen molar-refractivity contribution in [1.29, 1.82) is 0 Å². The maximum Gasteiger partial charge on any atom is 0.419 e. The van der Waals surface area contributed by atoms with Crippen LogP contribution in [0.15, 0.2) is 18.2 Å². The maximum atomic E-state index is 13.7. The van der Waals surface area contributed by atoms with E-state index in [2.05, 4.69) is 5.32 Å². The van der Waals surface area contributed by atoms with Gasteiger partial charge in [0.15, 0.2) is 0 Å². The van der Waals surface area contributed by atoms with Crippen LogP contribution < -0.4 is 5.32 Å². The minimum absolute atomic E-state index is 0.0403. The average Bonchev–Trinajstić information content (AvgIpc) is 2.32.